The summed E-state index contributed by atoms with van der Waals surface area (Å²) in [7, 11) is 0. The zero-order valence-corrected chi connectivity index (χ0v) is 9.08. The number of hydrogen-bond donors (Lipinski definition) is 2. The van der Waals surface area contributed by atoms with Gasteiger partial charge in [-0.25, -0.2) is 0 Å². The third-order valence-corrected chi connectivity index (χ3v) is 0.605. The van der Waals surface area contributed by atoms with Crippen LogP contribution in [0.1, 0.15) is 26.7 Å². The molecule has 0 rings (SSSR count). The quantitative estimate of drug-likeness (QED) is 0.573. The van der Waals surface area contributed by atoms with Crippen LogP contribution in [-0.2, 0) is 26.7 Å². The second-order valence-corrected chi connectivity index (χ2v) is 1.49. The molecule has 0 amide bonds. The summed E-state index contributed by atoms with van der Waals surface area (Å²) in [5.74, 6) is -1.49. The Morgan fingerprint density at radius 1 is 0.857 bits per heavy atom. The predicted molar refractivity (Wildman–Crippen MR) is 46.7 cm³/mol. The maximum Gasteiger partial charge on any atom is 0.303 e. The van der Waals surface area contributed by atoms with E-state index >= 15 is 0 Å². The molecule has 0 unspecified atom stereocenters. The van der Waals surface area contributed by atoms with E-state index in [4.69, 9.17) is 10.2 Å². The van der Waals surface area contributed by atoms with Crippen LogP contribution >= 0.6 is 0 Å². The van der Waals surface area contributed by atoms with Crippen LogP contribution in [0.3, 0.4) is 0 Å². The molecule has 8 heteroatoms. The number of hydrogen-bond acceptors (Lipinski definition) is 2. The molecule has 14 heavy (non-hydrogen) atoms. The molecule has 0 spiro atoms. The van der Waals surface area contributed by atoms with Crippen molar-refractivity contribution in [2.45, 2.75) is 26.7 Å². The number of carbonyl (C=O) groups is 2. The molecule has 0 aliphatic rings. The van der Waals surface area contributed by atoms with E-state index in [-0.39, 0.29) is 46.3 Å². The number of carboxylic acids is 2. The van der Waals surface area contributed by atoms with Crippen molar-refractivity contribution in [2.75, 3.05) is 0 Å². The molecule has 0 aromatic carbocycles. The second kappa shape index (κ2) is 29.5. The van der Waals surface area contributed by atoms with E-state index in [1.165, 1.54) is 0 Å². The van der Waals surface area contributed by atoms with E-state index < -0.39 is 11.9 Å². The summed E-state index contributed by atoms with van der Waals surface area (Å²) in [6.45, 7) is 3.20. The van der Waals surface area contributed by atoms with Crippen molar-refractivity contribution in [2.24, 2.45) is 0 Å². The maximum absolute atomic E-state index is 9.37. The average molecular weight is 258 g/mol. The summed E-state index contributed by atoms with van der Waals surface area (Å²) < 4.78 is 0. The molecule has 0 fully saturated rings. The number of aliphatic carboxylic acids is 2. The topological polar surface area (TPSA) is 169 Å². The first-order valence-corrected chi connectivity index (χ1v) is 2.98. The van der Waals surface area contributed by atoms with E-state index in [1.54, 1.807) is 13.8 Å². The van der Waals surface area contributed by atoms with Gasteiger partial charge in [-0.2, -0.15) is 0 Å². The van der Waals surface area contributed by atoms with Crippen LogP contribution in [0.4, 0.5) is 0 Å². The first-order chi connectivity index (χ1) is 4.54. The summed E-state index contributed by atoms with van der Waals surface area (Å²) in [5.41, 5.74) is 0. The Hall–Kier alpha value is -0.661. The van der Waals surface area contributed by atoms with Gasteiger partial charge in [0.2, 0.25) is 0 Å². The minimum absolute atomic E-state index is 0. The van der Waals surface area contributed by atoms with Gasteiger partial charge < -0.3 is 26.6 Å². The fourth-order valence-corrected chi connectivity index (χ4v) is 0. The molecular formula is C6H18FeO7. The van der Waals surface area contributed by atoms with Gasteiger partial charge >= 0.3 is 11.9 Å². The molecule has 8 N–H and O–H groups in total. The van der Waals surface area contributed by atoms with Gasteiger partial charge in [-0.1, -0.05) is 13.8 Å². The third-order valence-electron chi connectivity index (χ3n) is 0.605. The van der Waals surface area contributed by atoms with Gasteiger partial charge in [-0.05, 0) is 0 Å². The van der Waals surface area contributed by atoms with Gasteiger partial charge in [-0.3, -0.25) is 9.59 Å². The molecule has 0 heterocycles. The normalized spacial score (nSPS) is 5.29. The number of rotatable bonds is 2. The van der Waals surface area contributed by atoms with Crippen LogP contribution in [0, 0.1) is 0 Å². The summed E-state index contributed by atoms with van der Waals surface area (Å²) in [5, 5.41) is 15.4. The smallest absolute Gasteiger partial charge is 0.303 e. The van der Waals surface area contributed by atoms with E-state index in [0.717, 1.165) is 0 Å². The average Bonchev–Trinajstić information content (AvgIpc) is 1.89. The molecule has 7 nitrogen and oxygen atoms in total. The first kappa shape index (κ1) is 37.7. The van der Waals surface area contributed by atoms with Crippen molar-refractivity contribution in [3.63, 3.8) is 0 Å². The zero-order valence-electron chi connectivity index (χ0n) is 7.98. The molecular weight excluding hydrogens is 240 g/mol. The molecule has 0 bridgehead atoms. The van der Waals surface area contributed by atoms with Gasteiger partial charge in [0.05, 0.1) is 0 Å². The van der Waals surface area contributed by atoms with Crippen LogP contribution in [0.15, 0.2) is 0 Å². The van der Waals surface area contributed by atoms with Crippen LogP contribution in [-0.4, -0.2) is 38.6 Å². The Balaban J connectivity index is -0.0000000178. The Morgan fingerprint density at radius 3 is 0.929 bits per heavy atom. The molecule has 0 aromatic rings. The van der Waals surface area contributed by atoms with E-state index in [9.17, 15) is 9.59 Å². The zero-order chi connectivity index (χ0) is 8.57. The Labute approximate surface area is 92.5 Å². The second-order valence-electron chi connectivity index (χ2n) is 1.49. The maximum atomic E-state index is 9.37. The summed E-state index contributed by atoms with van der Waals surface area (Å²) in [6.07, 6.45) is 0.444. The summed E-state index contributed by atoms with van der Waals surface area (Å²) in [6, 6.07) is 0. The van der Waals surface area contributed by atoms with Crippen molar-refractivity contribution in [1.82, 2.24) is 0 Å². The fraction of sp³-hybridized carbons (Fsp3) is 0.667. The van der Waals surface area contributed by atoms with Gasteiger partial charge in [0.25, 0.3) is 0 Å². The SMILES string of the molecule is CCC(=O)O.CCC(=O)O.O.O.O.[Fe]. The van der Waals surface area contributed by atoms with Crippen LogP contribution in [0.2, 0.25) is 0 Å². The van der Waals surface area contributed by atoms with Crippen molar-refractivity contribution < 1.29 is 53.3 Å². The van der Waals surface area contributed by atoms with Crippen molar-refractivity contribution in [1.29, 1.82) is 0 Å². The Kier molecular flexibility index (Phi) is 79.3. The van der Waals surface area contributed by atoms with Gasteiger partial charge in [0.15, 0.2) is 0 Å². The van der Waals surface area contributed by atoms with Crippen molar-refractivity contribution in [3.8, 4) is 0 Å². The Morgan fingerprint density at radius 2 is 0.929 bits per heavy atom. The van der Waals surface area contributed by atoms with Crippen LogP contribution in [0.25, 0.3) is 0 Å². The number of carboxylic acid groups (broad SMARTS) is 2. The monoisotopic (exact) mass is 258 g/mol. The van der Waals surface area contributed by atoms with Gasteiger partial charge in [-0.15, -0.1) is 0 Å². The van der Waals surface area contributed by atoms with E-state index in [2.05, 4.69) is 0 Å². The van der Waals surface area contributed by atoms with Crippen molar-refractivity contribution in [3.05, 3.63) is 0 Å². The largest absolute Gasteiger partial charge is 0.481 e. The first-order valence-electron chi connectivity index (χ1n) is 2.98. The molecule has 0 aliphatic carbocycles. The molecule has 0 radical (unpaired) electrons. The van der Waals surface area contributed by atoms with Crippen molar-refractivity contribution >= 4 is 11.9 Å². The predicted octanol–water partition coefficient (Wildman–Crippen LogP) is -1.51. The molecule has 92 valence electrons. The van der Waals surface area contributed by atoms with Gasteiger partial charge in [0, 0.05) is 29.9 Å². The minimum atomic E-state index is -0.745. The van der Waals surface area contributed by atoms with E-state index in [1.807, 2.05) is 0 Å². The molecule has 0 saturated carbocycles. The molecule has 0 atom stereocenters. The van der Waals surface area contributed by atoms with Crippen LogP contribution < -0.4 is 0 Å². The van der Waals surface area contributed by atoms with Crippen LogP contribution in [0.5, 0.6) is 0 Å². The minimum Gasteiger partial charge on any atom is -0.481 e. The fourth-order valence-electron chi connectivity index (χ4n) is 0. The van der Waals surface area contributed by atoms with E-state index in [0.29, 0.717) is 0 Å². The van der Waals surface area contributed by atoms with Gasteiger partial charge in [0.1, 0.15) is 0 Å². The Bertz CT molecular complexity index is 103. The third kappa shape index (κ3) is 109. The molecule has 0 saturated heterocycles. The molecule has 0 aliphatic heterocycles. The standard InChI is InChI=1S/2C3H6O2.Fe.3H2O/c2*1-2-3(4)5;;;;/h2*2H2,1H3,(H,4,5);;3*1H2. The molecule has 0 aromatic heterocycles. The summed E-state index contributed by atoms with van der Waals surface area (Å²) >= 11 is 0. The summed E-state index contributed by atoms with van der Waals surface area (Å²) in [4.78, 5) is 18.7.